The molecule has 17 heavy (non-hydrogen) atoms. The predicted molar refractivity (Wildman–Crippen MR) is 63.7 cm³/mol. The van der Waals surface area contributed by atoms with E-state index in [1.54, 1.807) is 6.92 Å². The summed E-state index contributed by atoms with van der Waals surface area (Å²) >= 11 is 0. The van der Waals surface area contributed by atoms with Crippen molar-refractivity contribution in [3.63, 3.8) is 0 Å². The summed E-state index contributed by atoms with van der Waals surface area (Å²) in [6.07, 6.45) is 1.04. The van der Waals surface area contributed by atoms with Gasteiger partial charge in [0.2, 0.25) is 5.91 Å². The highest BCUT2D eigenvalue weighted by molar-refractivity contribution is 5.79. The fraction of sp³-hybridized carbons (Fsp3) is 0.818. The molecule has 1 heterocycles. The zero-order valence-electron chi connectivity index (χ0n) is 10.2. The molecule has 1 rings (SSSR count). The molecule has 6 heteroatoms. The summed E-state index contributed by atoms with van der Waals surface area (Å²) in [6.45, 7) is 5.80. The van der Waals surface area contributed by atoms with Crippen molar-refractivity contribution in [1.29, 1.82) is 0 Å². The zero-order valence-corrected chi connectivity index (χ0v) is 10.2. The maximum absolute atomic E-state index is 11.6. The van der Waals surface area contributed by atoms with Crippen LogP contribution in [-0.2, 0) is 9.59 Å². The summed E-state index contributed by atoms with van der Waals surface area (Å²) in [5.41, 5.74) is 0. The fourth-order valence-corrected chi connectivity index (χ4v) is 1.67. The second-order valence-corrected chi connectivity index (χ2v) is 4.42. The van der Waals surface area contributed by atoms with Gasteiger partial charge in [-0.3, -0.25) is 14.5 Å². The van der Waals surface area contributed by atoms with Crippen LogP contribution in [-0.4, -0.2) is 61.2 Å². The first-order valence-electron chi connectivity index (χ1n) is 6.02. The minimum atomic E-state index is -0.885. The topological polar surface area (TPSA) is 81.7 Å². The van der Waals surface area contributed by atoms with Gasteiger partial charge in [-0.2, -0.15) is 0 Å². The normalized spacial score (nSPS) is 19.4. The highest BCUT2D eigenvalue weighted by atomic mass is 16.4. The average Bonchev–Trinajstić information content (AvgIpc) is 2.54. The summed E-state index contributed by atoms with van der Waals surface area (Å²) in [4.78, 5) is 24.2. The summed E-state index contributed by atoms with van der Waals surface area (Å²) in [5.74, 6) is -1.52. The molecule has 1 amide bonds. The maximum Gasteiger partial charge on any atom is 0.308 e. The van der Waals surface area contributed by atoms with E-state index in [1.165, 1.54) is 0 Å². The Hall–Kier alpha value is -1.14. The summed E-state index contributed by atoms with van der Waals surface area (Å²) in [6, 6.07) is 0. The van der Waals surface area contributed by atoms with Crippen LogP contribution >= 0.6 is 0 Å². The van der Waals surface area contributed by atoms with Crippen molar-refractivity contribution in [3.05, 3.63) is 0 Å². The molecule has 1 saturated heterocycles. The Balaban J connectivity index is 2.21. The molecule has 1 fully saturated rings. The van der Waals surface area contributed by atoms with Gasteiger partial charge in [-0.15, -0.1) is 0 Å². The summed E-state index contributed by atoms with van der Waals surface area (Å²) in [7, 11) is 0. The molecular weight excluding hydrogens is 222 g/mol. The first-order chi connectivity index (χ1) is 8.09. The van der Waals surface area contributed by atoms with Gasteiger partial charge >= 0.3 is 5.97 Å². The Bertz CT molecular complexity index is 263. The number of amides is 1. The molecule has 0 spiro atoms. The molecule has 1 atom stereocenters. The minimum Gasteiger partial charge on any atom is -0.481 e. The van der Waals surface area contributed by atoms with Crippen molar-refractivity contribution in [2.24, 2.45) is 5.92 Å². The number of carboxylic acids is 1. The molecule has 3 N–H and O–H groups in total. The van der Waals surface area contributed by atoms with Crippen molar-refractivity contribution >= 4 is 11.9 Å². The average molecular weight is 243 g/mol. The van der Waals surface area contributed by atoms with E-state index in [1.807, 2.05) is 0 Å². The zero-order chi connectivity index (χ0) is 12.7. The first kappa shape index (κ1) is 13.9. The maximum atomic E-state index is 11.6. The van der Waals surface area contributed by atoms with Gasteiger partial charge < -0.3 is 15.7 Å². The third-order valence-electron chi connectivity index (χ3n) is 2.83. The number of carbonyl (C=O) groups excluding carboxylic acids is 1. The molecule has 1 aliphatic rings. The van der Waals surface area contributed by atoms with Crippen molar-refractivity contribution in [1.82, 2.24) is 15.5 Å². The standard InChI is InChI=1S/C11H21N3O3/c1-9(11(16)17)7-13-10(15)8-14-5-2-3-12-4-6-14/h9,12H,2-8H2,1H3,(H,13,15)(H,16,17). The van der Waals surface area contributed by atoms with E-state index in [-0.39, 0.29) is 12.5 Å². The molecule has 1 unspecified atom stereocenters. The highest BCUT2D eigenvalue weighted by Gasteiger charge is 2.15. The molecule has 98 valence electrons. The number of aliphatic carboxylic acids is 1. The lowest BCUT2D eigenvalue weighted by atomic mass is 10.2. The van der Waals surface area contributed by atoms with Crippen molar-refractivity contribution in [3.8, 4) is 0 Å². The van der Waals surface area contributed by atoms with Gasteiger partial charge in [0.1, 0.15) is 0 Å². The van der Waals surface area contributed by atoms with Gasteiger partial charge in [0.25, 0.3) is 0 Å². The van der Waals surface area contributed by atoms with Crippen LogP contribution in [0.25, 0.3) is 0 Å². The monoisotopic (exact) mass is 243 g/mol. The number of carboxylic acid groups (broad SMARTS) is 1. The van der Waals surface area contributed by atoms with Gasteiger partial charge in [0.05, 0.1) is 12.5 Å². The molecule has 1 aliphatic heterocycles. The van der Waals surface area contributed by atoms with Crippen LogP contribution in [0.4, 0.5) is 0 Å². The number of hydrogen-bond donors (Lipinski definition) is 3. The molecule has 0 aromatic rings. The molecule has 0 radical (unpaired) electrons. The van der Waals surface area contributed by atoms with Gasteiger partial charge in [-0.05, 0) is 19.5 Å². The Morgan fingerprint density at radius 1 is 1.41 bits per heavy atom. The first-order valence-corrected chi connectivity index (χ1v) is 6.02. The Labute approximate surface area is 101 Å². The molecule has 0 aliphatic carbocycles. The molecule has 0 aromatic carbocycles. The Morgan fingerprint density at radius 3 is 2.88 bits per heavy atom. The van der Waals surface area contributed by atoms with Crippen LogP contribution < -0.4 is 10.6 Å². The number of nitrogens with zero attached hydrogens (tertiary/aromatic N) is 1. The lowest BCUT2D eigenvalue weighted by Gasteiger charge is -2.19. The van der Waals surface area contributed by atoms with Crippen molar-refractivity contribution in [2.45, 2.75) is 13.3 Å². The Morgan fingerprint density at radius 2 is 2.18 bits per heavy atom. The molecule has 0 aromatic heterocycles. The molecule has 0 saturated carbocycles. The highest BCUT2D eigenvalue weighted by Crippen LogP contribution is 1.95. The van der Waals surface area contributed by atoms with Crippen LogP contribution in [0, 0.1) is 5.92 Å². The predicted octanol–water partition coefficient (Wildman–Crippen LogP) is -0.881. The van der Waals surface area contributed by atoms with Gasteiger partial charge in [0.15, 0.2) is 0 Å². The van der Waals surface area contributed by atoms with E-state index in [0.717, 1.165) is 32.6 Å². The van der Waals surface area contributed by atoms with E-state index >= 15 is 0 Å². The third kappa shape index (κ3) is 5.65. The van der Waals surface area contributed by atoms with Gasteiger partial charge in [-0.1, -0.05) is 6.92 Å². The third-order valence-corrected chi connectivity index (χ3v) is 2.83. The van der Waals surface area contributed by atoms with E-state index < -0.39 is 11.9 Å². The number of carbonyl (C=O) groups is 2. The van der Waals surface area contributed by atoms with Crippen LogP contribution in [0.5, 0.6) is 0 Å². The van der Waals surface area contributed by atoms with Crippen LogP contribution in [0.1, 0.15) is 13.3 Å². The number of hydrogen-bond acceptors (Lipinski definition) is 4. The minimum absolute atomic E-state index is 0.0972. The van der Waals surface area contributed by atoms with Gasteiger partial charge in [0, 0.05) is 19.6 Å². The quantitative estimate of drug-likeness (QED) is 0.584. The van der Waals surface area contributed by atoms with Crippen molar-refractivity contribution < 1.29 is 14.7 Å². The second-order valence-electron chi connectivity index (χ2n) is 4.42. The number of rotatable bonds is 5. The smallest absolute Gasteiger partial charge is 0.308 e. The lowest BCUT2D eigenvalue weighted by Crippen LogP contribution is -2.41. The second kappa shape index (κ2) is 7.24. The van der Waals surface area contributed by atoms with Crippen LogP contribution in [0.3, 0.4) is 0 Å². The molecule has 0 bridgehead atoms. The van der Waals surface area contributed by atoms with E-state index in [9.17, 15) is 9.59 Å². The van der Waals surface area contributed by atoms with E-state index in [4.69, 9.17) is 5.11 Å². The van der Waals surface area contributed by atoms with E-state index in [2.05, 4.69) is 15.5 Å². The fourth-order valence-electron chi connectivity index (χ4n) is 1.67. The van der Waals surface area contributed by atoms with Crippen LogP contribution in [0.15, 0.2) is 0 Å². The van der Waals surface area contributed by atoms with Crippen LogP contribution in [0.2, 0.25) is 0 Å². The largest absolute Gasteiger partial charge is 0.481 e. The van der Waals surface area contributed by atoms with Gasteiger partial charge in [-0.25, -0.2) is 0 Å². The summed E-state index contributed by atoms with van der Waals surface area (Å²) in [5, 5.41) is 14.6. The van der Waals surface area contributed by atoms with E-state index in [0.29, 0.717) is 6.54 Å². The Kier molecular flexibility index (Phi) is 5.93. The number of nitrogens with one attached hydrogen (secondary N) is 2. The van der Waals surface area contributed by atoms with Crippen molar-refractivity contribution in [2.75, 3.05) is 39.3 Å². The molecular formula is C11H21N3O3. The SMILES string of the molecule is CC(CNC(=O)CN1CCCNCC1)C(=O)O. The summed E-state index contributed by atoms with van der Waals surface area (Å²) < 4.78 is 0. The lowest BCUT2D eigenvalue weighted by molar-refractivity contribution is -0.141. The molecule has 6 nitrogen and oxygen atoms in total.